The maximum absolute atomic E-state index is 11.0. The lowest BCUT2D eigenvalue weighted by Gasteiger charge is -2.01. The number of nitrogens with zero attached hydrogens (tertiary/aromatic N) is 2. The fourth-order valence-electron chi connectivity index (χ4n) is 1.13. The Hall–Kier alpha value is -1.23. The van der Waals surface area contributed by atoms with E-state index in [1.165, 1.54) is 11.3 Å². The molecule has 0 radical (unpaired) electrons. The first-order valence-corrected chi connectivity index (χ1v) is 4.80. The predicted molar refractivity (Wildman–Crippen MR) is 50.0 cm³/mol. The van der Waals surface area contributed by atoms with E-state index in [-0.39, 0.29) is 5.92 Å². The van der Waals surface area contributed by atoms with Crippen molar-refractivity contribution in [2.45, 2.75) is 19.8 Å². The molecule has 0 bridgehead atoms. The van der Waals surface area contributed by atoms with Crippen molar-refractivity contribution in [1.29, 1.82) is 0 Å². The summed E-state index contributed by atoms with van der Waals surface area (Å²) in [5.74, 6) is -0.353. The smallest absolute Gasteiger partial charge is 0.395 e. The molecule has 0 aliphatic rings. The van der Waals surface area contributed by atoms with Gasteiger partial charge in [0.15, 0.2) is 0 Å². The zero-order valence-electron chi connectivity index (χ0n) is 7.27. The number of hydrogen-bond donors (Lipinski definition) is 0. The summed E-state index contributed by atoms with van der Waals surface area (Å²) in [6.45, 7) is 3.95. The third-order valence-corrected chi connectivity index (χ3v) is 2.42. The molecule has 2 heterocycles. The molecular formula is C8H8N2O2S. The van der Waals surface area contributed by atoms with Gasteiger partial charge in [-0.05, 0) is 5.92 Å². The van der Waals surface area contributed by atoms with Crippen LogP contribution in [-0.2, 0) is 0 Å². The Morgan fingerprint density at radius 2 is 2.31 bits per heavy atom. The molecule has 5 heteroatoms. The van der Waals surface area contributed by atoms with Gasteiger partial charge >= 0.3 is 5.76 Å². The van der Waals surface area contributed by atoms with Crippen molar-refractivity contribution >= 4 is 21.8 Å². The lowest BCUT2D eigenvalue weighted by molar-refractivity contribution is 0.529. The lowest BCUT2D eigenvalue weighted by Crippen LogP contribution is -2.08. The van der Waals surface area contributed by atoms with Gasteiger partial charge in [0.05, 0.1) is 11.2 Å². The molecule has 13 heavy (non-hydrogen) atoms. The summed E-state index contributed by atoms with van der Waals surface area (Å²) in [6, 6.07) is 0. The van der Waals surface area contributed by atoms with Gasteiger partial charge in [0.2, 0.25) is 4.90 Å². The Morgan fingerprint density at radius 3 is 3.00 bits per heavy atom. The van der Waals surface area contributed by atoms with Crippen molar-refractivity contribution in [3.63, 3.8) is 0 Å². The molecule has 0 fully saturated rings. The van der Waals surface area contributed by atoms with Gasteiger partial charge in [0, 0.05) is 0 Å². The van der Waals surface area contributed by atoms with E-state index in [0.29, 0.717) is 16.1 Å². The van der Waals surface area contributed by atoms with E-state index in [0.717, 1.165) is 0 Å². The van der Waals surface area contributed by atoms with Crippen molar-refractivity contribution in [2.75, 3.05) is 0 Å². The van der Waals surface area contributed by atoms with Crippen molar-refractivity contribution in [2.24, 2.45) is 0 Å². The molecule has 4 nitrogen and oxygen atoms in total. The highest BCUT2D eigenvalue weighted by Gasteiger charge is 2.12. The summed E-state index contributed by atoms with van der Waals surface area (Å²) in [5, 5.41) is 0. The quantitative estimate of drug-likeness (QED) is 0.697. The topological polar surface area (TPSA) is 56.0 Å². The van der Waals surface area contributed by atoms with E-state index in [4.69, 9.17) is 4.42 Å². The Bertz CT molecular complexity index is 486. The van der Waals surface area contributed by atoms with Crippen LogP contribution in [0.5, 0.6) is 0 Å². The van der Waals surface area contributed by atoms with Gasteiger partial charge in [-0.1, -0.05) is 25.2 Å². The van der Waals surface area contributed by atoms with Gasteiger partial charge < -0.3 is 4.42 Å². The normalized spacial score (nSPS) is 11.3. The summed E-state index contributed by atoms with van der Waals surface area (Å²) in [6.07, 6.45) is 0. The summed E-state index contributed by atoms with van der Waals surface area (Å²) in [5.41, 5.74) is 3.08. The fourth-order valence-corrected chi connectivity index (χ4v) is 1.78. The first kappa shape index (κ1) is 8.37. The number of thiazole rings is 1. The third kappa shape index (κ3) is 1.35. The second-order valence-electron chi connectivity index (χ2n) is 3.01. The van der Waals surface area contributed by atoms with E-state index in [9.17, 15) is 4.79 Å². The Labute approximate surface area is 78.3 Å². The maximum atomic E-state index is 11.0. The predicted octanol–water partition coefficient (Wildman–Crippen LogP) is 1.77. The standard InChI is InChI=1S/C8H8N2O2S/c1-4(2)5-6-7(13-3-9-6)12-8(11)10-5/h3-4H,1-2H3. The average molecular weight is 196 g/mol. The molecule has 0 saturated carbocycles. The highest BCUT2D eigenvalue weighted by atomic mass is 32.1. The second kappa shape index (κ2) is 2.92. The number of fused-ring (bicyclic) bond motifs is 1. The minimum absolute atomic E-state index is 0.189. The van der Waals surface area contributed by atoms with Gasteiger partial charge in [-0.15, -0.1) is 0 Å². The molecule has 0 unspecified atom stereocenters. The SMILES string of the molecule is CC(C)c1nc(=O)oc2scnc12. The molecule has 0 aliphatic heterocycles. The molecule has 2 rings (SSSR count). The first-order valence-electron chi connectivity index (χ1n) is 3.92. The van der Waals surface area contributed by atoms with Gasteiger partial charge in [-0.3, -0.25) is 0 Å². The van der Waals surface area contributed by atoms with Crippen LogP contribution in [0.25, 0.3) is 10.4 Å². The van der Waals surface area contributed by atoms with Crippen LogP contribution in [-0.4, -0.2) is 9.97 Å². The molecule has 0 N–H and O–H groups in total. The fraction of sp³-hybridized carbons (Fsp3) is 0.375. The Morgan fingerprint density at radius 1 is 1.54 bits per heavy atom. The minimum atomic E-state index is -0.541. The minimum Gasteiger partial charge on any atom is -0.395 e. The van der Waals surface area contributed by atoms with Gasteiger partial charge in [0.1, 0.15) is 5.52 Å². The van der Waals surface area contributed by atoms with Crippen LogP contribution in [0.1, 0.15) is 25.5 Å². The highest BCUT2D eigenvalue weighted by molar-refractivity contribution is 7.16. The molecule has 0 saturated heterocycles. The van der Waals surface area contributed by atoms with Crippen molar-refractivity contribution in [1.82, 2.24) is 9.97 Å². The van der Waals surface area contributed by atoms with Crippen LogP contribution in [0.15, 0.2) is 14.7 Å². The Kier molecular flexibility index (Phi) is 1.88. The third-order valence-electron chi connectivity index (χ3n) is 1.72. The molecule has 0 amide bonds. The summed E-state index contributed by atoms with van der Waals surface area (Å²) in [4.78, 5) is 19.5. The second-order valence-corrected chi connectivity index (χ2v) is 3.83. The van der Waals surface area contributed by atoms with E-state index in [1.807, 2.05) is 13.8 Å². The van der Waals surface area contributed by atoms with E-state index >= 15 is 0 Å². The molecule has 0 aliphatic carbocycles. The van der Waals surface area contributed by atoms with Crippen LogP contribution in [0, 0.1) is 0 Å². The van der Waals surface area contributed by atoms with Gasteiger partial charge in [-0.2, -0.15) is 4.98 Å². The van der Waals surface area contributed by atoms with Gasteiger partial charge in [0.25, 0.3) is 0 Å². The number of hydrogen-bond acceptors (Lipinski definition) is 5. The molecule has 0 spiro atoms. The molecular weight excluding hydrogens is 188 g/mol. The molecule has 2 aromatic rings. The zero-order valence-corrected chi connectivity index (χ0v) is 8.09. The first-order chi connectivity index (χ1) is 6.18. The largest absolute Gasteiger partial charge is 0.440 e. The van der Waals surface area contributed by atoms with Crippen molar-refractivity contribution in [3.05, 3.63) is 21.8 Å². The van der Waals surface area contributed by atoms with E-state index in [1.54, 1.807) is 5.51 Å². The molecule has 68 valence electrons. The highest BCUT2D eigenvalue weighted by Crippen LogP contribution is 2.22. The maximum Gasteiger partial charge on any atom is 0.440 e. The Balaban J connectivity index is 2.85. The summed E-state index contributed by atoms with van der Waals surface area (Å²) in [7, 11) is 0. The van der Waals surface area contributed by atoms with Crippen LogP contribution in [0.4, 0.5) is 0 Å². The van der Waals surface area contributed by atoms with Gasteiger partial charge in [-0.25, -0.2) is 9.78 Å². The molecule has 0 aromatic carbocycles. The number of aromatic nitrogens is 2. The summed E-state index contributed by atoms with van der Waals surface area (Å²) >= 11 is 1.32. The molecule has 2 aromatic heterocycles. The van der Waals surface area contributed by atoms with Crippen molar-refractivity contribution < 1.29 is 4.42 Å². The molecule has 0 atom stereocenters. The number of rotatable bonds is 1. The zero-order chi connectivity index (χ0) is 9.42. The van der Waals surface area contributed by atoms with Crippen LogP contribution >= 0.6 is 11.3 Å². The van der Waals surface area contributed by atoms with Crippen LogP contribution in [0.3, 0.4) is 0 Å². The van der Waals surface area contributed by atoms with Crippen LogP contribution < -0.4 is 5.76 Å². The monoisotopic (exact) mass is 196 g/mol. The average Bonchev–Trinajstić information content (AvgIpc) is 2.49. The van der Waals surface area contributed by atoms with Crippen LogP contribution in [0.2, 0.25) is 0 Å². The lowest BCUT2D eigenvalue weighted by atomic mass is 10.1. The summed E-state index contributed by atoms with van der Waals surface area (Å²) < 4.78 is 4.88. The van der Waals surface area contributed by atoms with Crippen molar-refractivity contribution in [3.8, 4) is 0 Å². The van der Waals surface area contributed by atoms with E-state index < -0.39 is 5.76 Å². The van der Waals surface area contributed by atoms with E-state index in [2.05, 4.69) is 9.97 Å².